The molecule has 114 valence electrons. The number of hydrogen-bond donors (Lipinski definition) is 0. The Balaban J connectivity index is 1.51. The van der Waals surface area contributed by atoms with E-state index >= 15 is 0 Å². The molecule has 1 aromatic rings. The highest BCUT2D eigenvalue weighted by molar-refractivity contribution is 6.31. The van der Waals surface area contributed by atoms with Gasteiger partial charge in [-0.1, -0.05) is 36.7 Å². The fourth-order valence-corrected chi connectivity index (χ4v) is 5.02. The summed E-state index contributed by atoms with van der Waals surface area (Å²) in [6, 6.07) is 7.93. The van der Waals surface area contributed by atoms with Gasteiger partial charge in [-0.2, -0.15) is 0 Å². The Morgan fingerprint density at radius 1 is 1.24 bits per heavy atom. The van der Waals surface area contributed by atoms with Crippen molar-refractivity contribution in [2.45, 2.75) is 63.9 Å². The Morgan fingerprint density at radius 3 is 2.81 bits per heavy atom. The normalized spacial score (nSPS) is 44.2. The minimum Gasteiger partial charge on any atom is -0.370 e. The third kappa shape index (κ3) is 2.07. The molecule has 0 N–H and O–H groups in total. The standard InChI is InChI=1S/C18H23ClO2/c1-17-10-16(20-11-12-5-3-4-6-14(12)19)18(2)9-13(17)7-8-15(17)21-18/h3-6,13,15-16H,7-11H2,1-2H3/t13-,15-,16+,17-,18-/m1/s1. The lowest BCUT2D eigenvalue weighted by atomic mass is 9.60. The molecule has 4 bridgehead atoms. The van der Waals surface area contributed by atoms with Crippen LogP contribution in [0.4, 0.5) is 0 Å². The number of hydrogen-bond acceptors (Lipinski definition) is 2. The van der Waals surface area contributed by atoms with E-state index in [-0.39, 0.29) is 11.7 Å². The molecule has 4 fully saturated rings. The van der Waals surface area contributed by atoms with Crippen LogP contribution in [0.1, 0.15) is 45.1 Å². The zero-order valence-corrected chi connectivity index (χ0v) is 13.5. The average molecular weight is 307 g/mol. The van der Waals surface area contributed by atoms with Crippen molar-refractivity contribution in [2.75, 3.05) is 0 Å². The summed E-state index contributed by atoms with van der Waals surface area (Å²) in [5, 5.41) is 0.788. The predicted molar refractivity (Wildman–Crippen MR) is 83.4 cm³/mol. The molecule has 2 aliphatic heterocycles. The van der Waals surface area contributed by atoms with Crippen molar-refractivity contribution in [1.82, 2.24) is 0 Å². The highest BCUT2D eigenvalue weighted by Crippen LogP contribution is 2.62. The van der Waals surface area contributed by atoms with Crippen LogP contribution in [0.5, 0.6) is 0 Å². The van der Waals surface area contributed by atoms with Crippen molar-refractivity contribution in [3.8, 4) is 0 Å². The van der Waals surface area contributed by atoms with Gasteiger partial charge in [0.05, 0.1) is 24.4 Å². The second-order valence-corrected chi connectivity index (χ2v) is 7.91. The quantitative estimate of drug-likeness (QED) is 0.813. The summed E-state index contributed by atoms with van der Waals surface area (Å²) in [6.45, 7) is 5.23. The van der Waals surface area contributed by atoms with Gasteiger partial charge in [0.15, 0.2) is 0 Å². The fourth-order valence-electron chi connectivity index (χ4n) is 4.83. The van der Waals surface area contributed by atoms with Crippen LogP contribution in [0.3, 0.4) is 0 Å². The van der Waals surface area contributed by atoms with Crippen molar-refractivity contribution in [3.63, 3.8) is 0 Å². The SMILES string of the molecule is C[C@@]12C[C@H](OCc3ccccc3Cl)[C@@]3(C)C[C@H]1CC[C@H]2O3. The van der Waals surface area contributed by atoms with E-state index in [4.69, 9.17) is 21.1 Å². The molecule has 0 aromatic heterocycles. The van der Waals surface area contributed by atoms with E-state index in [0.29, 0.717) is 18.1 Å². The van der Waals surface area contributed by atoms with Gasteiger partial charge in [-0.15, -0.1) is 0 Å². The Hall–Kier alpha value is -0.570. The minimum atomic E-state index is -0.106. The zero-order valence-electron chi connectivity index (χ0n) is 12.8. The molecule has 21 heavy (non-hydrogen) atoms. The summed E-state index contributed by atoms with van der Waals surface area (Å²) in [4.78, 5) is 0. The molecule has 4 aliphatic rings. The van der Waals surface area contributed by atoms with Crippen molar-refractivity contribution in [2.24, 2.45) is 11.3 Å². The third-order valence-electron chi connectivity index (χ3n) is 6.21. The number of fused-ring (bicyclic) bond motifs is 1. The summed E-state index contributed by atoms with van der Waals surface area (Å²) in [6.07, 6.45) is 5.46. The molecule has 2 nitrogen and oxygen atoms in total. The topological polar surface area (TPSA) is 18.5 Å². The number of ether oxygens (including phenoxy) is 2. The maximum atomic E-state index is 6.44. The van der Waals surface area contributed by atoms with E-state index in [0.717, 1.165) is 29.3 Å². The first-order chi connectivity index (χ1) is 10.0. The Bertz CT molecular complexity index is 542. The summed E-state index contributed by atoms with van der Waals surface area (Å²) in [5.41, 5.74) is 1.28. The van der Waals surface area contributed by atoms with Gasteiger partial charge < -0.3 is 9.47 Å². The van der Waals surface area contributed by atoms with Gasteiger partial charge in [0, 0.05) is 5.02 Å². The molecule has 2 aliphatic carbocycles. The smallest absolute Gasteiger partial charge is 0.0922 e. The first-order valence-corrected chi connectivity index (χ1v) is 8.42. The van der Waals surface area contributed by atoms with Gasteiger partial charge in [0.2, 0.25) is 0 Å². The van der Waals surface area contributed by atoms with E-state index in [1.165, 1.54) is 12.8 Å². The Labute approximate surface area is 131 Å². The maximum Gasteiger partial charge on any atom is 0.0922 e. The molecule has 0 unspecified atom stereocenters. The zero-order chi connectivity index (χ0) is 14.7. The molecule has 2 saturated carbocycles. The summed E-state index contributed by atoms with van der Waals surface area (Å²) < 4.78 is 12.7. The van der Waals surface area contributed by atoms with Gasteiger partial charge in [-0.05, 0) is 55.6 Å². The van der Waals surface area contributed by atoms with E-state index in [1.54, 1.807) is 0 Å². The molecule has 0 radical (unpaired) electrons. The molecule has 3 heteroatoms. The number of halogens is 1. The van der Waals surface area contributed by atoms with Crippen LogP contribution in [0.25, 0.3) is 0 Å². The average Bonchev–Trinajstić information content (AvgIpc) is 2.65. The second-order valence-electron chi connectivity index (χ2n) is 7.50. The van der Waals surface area contributed by atoms with Crippen LogP contribution in [0.15, 0.2) is 24.3 Å². The number of benzene rings is 1. The van der Waals surface area contributed by atoms with Crippen molar-refractivity contribution >= 4 is 11.6 Å². The van der Waals surface area contributed by atoms with Crippen LogP contribution < -0.4 is 0 Å². The van der Waals surface area contributed by atoms with Gasteiger partial charge in [-0.3, -0.25) is 0 Å². The molecule has 0 amide bonds. The maximum absolute atomic E-state index is 6.44. The summed E-state index contributed by atoms with van der Waals surface area (Å²) in [5.74, 6) is 0.821. The van der Waals surface area contributed by atoms with E-state index in [1.807, 2.05) is 24.3 Å². The molecule has 5 rings (SSSR count). The molecule has 0 spiro atoms. The van der Waals surface area contributed by atoms with Crippen LogP contribution in [0.2, 0.25) is 5.02 Å². The molecular formula is C18H23ClO2. The first-order valence-electron chi connectivity index (χ1n) is 8.04. The highest BCUT2D eigenvalue weighted by atomic mass is 35.5. The van der Waals surface area contributed by atoms with Crippen LogP contribution >= 0.6 is 11.6 Å². The lowest BCUT2D eigenvalue weighted by molar-refractivity contribution is -0.280. The van der Waals surface area contributed by atoms with E-state index < -0.39 is 0 Å². The van der Waals surface area contributed by atoms with Crippen LogP contribution in [-0.2, 0) is 16.1 Å². The Morgan fingerprint density at radius 2 is 2.05 bits per heavy atom. The highest BCUT2D eigenvalue weighted by Gasteiger charge is 2.63. The molecule has 2 heterocycles. The summed E-state index contributed by atoms with van der Waals surface area (Å²) in [7, 11) is 0. The monoisotopic (exact) mass is 306 g/mol. The van der Waals surface area contributed by atoms with Crippen molar-refractivity contribution in [1.29, 1.82) is 0 Å². The van der Waals surface area contributed by atoms with Crippen molar-refractivity contribution in [3.05, 3.63) is 34.9 Å². The lowest BCUT2D eigenvalue weighted by Crippen LogP contribution is -2.63. The third-order valence-corrected chi connectivity index (χ3v) is 6.58. The van der Waals surface area contributed by atoms with Crippen molar-refractivity contribution < 1.29 is 9.47 Å². The lowest BCUT2D eigenvalue weighted by Gasteiger charge is -2.58. The molecular weight excluding hydrogens is 284 g/mol. The molecule has 5 atom stereocenters. The van der Waals surface area contributed by atoms with E-state index in [2.05, 4.69) is 13.8 Å². The van der Waals surface area contributed by atoms with Crippen LogP contribution in [0, 0.1) is 11.3 Å². The minimum absolute atomic E-state index is 0.106. The van der Waals surface area contributed by atoms with E-state index in [9.17, 15) is 0 Å². The fraction of sp³-hybridized carbons (Fsp3) is 0.667. The van der Waals surface area contributed by atoms with Crippen LogP contribution in [-0.4, -0.2) is 17.8 Å². The predicted octanol–water partition coefficient (Wildman–Crippen LogP) is 4.59. The van der Waals surface area contributed by atoms with Gasteiger partial charge in [-0.25, -0.2) is 0 Å². The van der Waals surface area contributed by atoms with Gasteiger partial charge >= 0.3 is 0 Å². The Kier molecular flexibility index (Phi) is 3.15. The second kappa shape index (κ2) is 4.71. The molecule has 1 aromatic carbocycles. The summed E-state index contributed by atoms with van der Waals surface area (Å²) >= 11 is 6.23. The first kappa shape index (κ1) is 14.0. The van der Waals surface area contributed by atoms with Gasteiger partial charge in [0.1, 0.15) is 0 Å². The van der Waals surface area contributed by atoms with Gasteiger partial charge in [0.25, 0.3) is 0 Å². The molecule has 2 saturated heterocycles. The largest absolute Gasteiger partial charge is 0.370 e. The number of rotatable bonds is 3.